The van der Waals surface area contributed by atoms with Gasteiger partial charge < -0.3 is 17.2 Å². The van der Waals surface area contributed by atoms with E-state index in [0.29, 0.717) is 29.8 Å². The van der Waals surface area contributed by atoms with Crippen LogP contribution in [-0.4, -0.2) is 18.2 Å². The molecule has 0 radical (unpaired) electrons. The second kappa shape index (κ2) is 6.76. The average molecular weight is 248 g/mol. The maximum Gasteiger partial charge on any atom is 0.163 e. The second-order valence-electron chi connectivity index (χ2n) is 4.24. The standard InChI is InChI=1S/C13H20N4O/c14-7-3-1-2-4-12(18)11-8-9(15)5-6-10(11)13(16)17/h5-6,8H,1-4,7,14-15H2,(H3,16,17). The van der Waals surface area contributed by atoms with E-state index in [1.54, 1.807) is 18.2 Å². The van der Waals surface area contributed by atoms with E-state index in [4.69, 9.17) is 22.6 Å². The molecule has 98 valence electrons. The third kappa shape index (κ3) is 3.85. The fourth-order valence-electron chi connectivity index (χ4n) is 1.77. The first kappa shape index (κ1) is 14.2. The average Bonchev–Trinajstić information content (AvgIpc) is 2.34. The van der Waals surface area contributed by atoms with Gasteiger partial charge in [0.2, 0.25) is 0 Å². The van der Waals surface area contributed by atoms with E-state index >= 15 is 0 Å². The van der Waals surface area contributed by atoms with Crippen LogP contribution < -0.4 is 17.2 Å². The molecular formula is C13H20N4O. The van der Waals surface area contributed by atoms with Gasteiger partial charge in [-0.15, -0.1) is 0 Å². The highest BCUT2D eigenvalue weighted by Gasteiger charge is 2.13. The summed E-state index contributed by atoms with van der Waals surface area (Å²) < 4.78 is 0. The van der Waals surface area contributed by atoms with E-state index in [1.165, 1.54) is 0 Å². The molecule has 0 saturated carbocycles. The molecule has 7 N–H and O–H groups in total. The summed E-state index contributed by atoms with van der Waals surface area (Å²) in [4.78, 5) is 12.0. The van der Waals surface area contributed by atoms with Gasteiger partial charge >= 0.3 is 0 Å². The maximum atomic E-state index is 12.0. The highest BCUT2D eigenvalue weighted by atomic mass is 16.1. The van der Waals surface area contributed by atoms with Crippen LogP contribution in [0.3, 0.4) is 0 Å². The van der Waals surface area contributed by atoms with Crippen LogP contribution in [0.4, 0.5) is 5.69 Å². The first-order valence-electron chi connectivity index (χ1n) is 6.03. The first-order valence-corrected chi connectivity index (χ1v) is 6.03. The number of carbonyl (C=O) groups is 1. The SMILES string of the molecule is N=C(N)c1ccc(N)cc1C(=O)CCCCCN. The fourth-order valence-corrected chi connectivity index (χ4v) is 1.77. The smallest absolute Gasteiger partial charge is 0.163 e. The third-order valence-corrected chi connectivity index (χ3v) is 2.74. The molecule has 0 amide bonds. The van der Waals surface area contributed by atoms with Crippen LogP contribution in [0, 0.1) is 5.41 Å². The number of nitrogens with two attached hydrogens (primary N) is 3. The molecule has 0 aliphatic heterocycles. The van der Waals surface area contributed by atoms with E-state index in [2.05, 4.69) is 0 Å². The Morgan fingerprint density at radius 1 is 1.17 bits per heavy atom. The normalized spacial score (nSPS) is 10.3. The predicted octanol–water partition coefficient (Wildman–Crippen LogP) is 1.25. The summed E-state index contributed by atoms with van der Waals surface area (Å²) in [5.74, 6) is -0.134. The van der Waals surface area contributed by atoms with Gasteiger partial charge in [-0.2, -0.15) is 0 Å². The van der Waals surface area contributed by atoms with Crippen LogP contribution in [0.5, 0.6) is 0 Å². The molecule has 0 bridgehead atoms. The van der Waals surface area contributed by atoms with E-state index in [0.717, 1.165) is 19.3 Å². The molecule has 0 unspecified atom stereocenters. The van der Waals surface area contributed by atoms with Crippen LogP contribution in [0.15, 0.2) is 18.2 Å². The molecule has 0 aromatic heterocycles. The Kier molecular flexibility index (Phi) is 5.32. The van der Waals surface area contributed by atoms with Gasteiger partial charge in [0.15, 0.2) is 5.78 Å². The monoisotopic (exact) mass is 248 g/mol. The van der Waals surface area contributed by atoms with Gasteiger partial charge in [-0.3, -0.25) is 10.2 Å². The number of amidine groups is 1. The van der Waals surface area contributed by atoms with Gasteiger partial charge in [0.1, 0.15) is 5.84 Å². The summed E-state index contributed by atoms with van der Waals surface area (Å²) in [7, 11) is 0. The van der Waals surface area contributed by atoms with Crippen molar-refractivity contribution in [3.05, 3.63) is 29.3 Å². The number of nitrogen functional groups attached to an aromatic ring is 2. The van der Waals surface area contributed by atoms with Crippen molar-refractivity contribution in [2.75, 3.05) is 12.3 Å². The lowest BCUT2D eigenvalue weighted by Crippen LogP contribution is -2.16. The zero-order chi connectivity index (χ0) is 13.5. The molecule has 0 saturated heterocycles. The van der Waals surface area contributed by atoms with Crippen molar-refractivity contribution < 1.29 is 4.79 Å². The molecular weight excluding hydrogens is 228 g/mol. The first-order chi connectivity index (χ1) is 8.56. The van der Waals surface area contributed by atoms with Gasteiger partial charge in [-0.25, -0.2) is 0 Å². The van der Waals surface area contributed by atoms with E-state index in [9.17, 15) is 4.79 Å². The third-order valence-electron chi connectivity index (χ3n) is 2.74. The lowest BCUT2D eigenvalue weighted by atomic mass is 9.98. The number of ketones is 1. The Hall–Kier alpha value is -1.88. The van der Waals surface area contributed by atoms with Crippen LogP contribution in [-0.2, 0) is 0 Å². The number of hydrogen-bond donors (Lipinski definition) is 4. The number of nitrogens with one attached hydrogen (secondary N) is 1. The number of carbonyl (C=O) groups excluding carboxylic acids is 1. The topological polar surface area (TPSA) is 119 Å². The molecule has 1 rings (SSSR count). The maximum absolute atomic E-state index is 12.0. The van der Waals surface area contributed by atoms with E-state index in [-0.39, 0.29) is 11.6 Å². The summed E-state index contributed by atoms with van der Waals surface area (Å²) in [6.45, 7) is 0.644. The Morgan fingerprint density at radius 2 is 1.89 bits per heavy atom. The molecule has 5 nitrogen and oxygen atoms in total. The van der Waals surface area contributed by atoms with Gasteiger partial charge in [-0.05, 0) is 37.6 Å². The minimum Gasteiger partial charge on any atom is -0.399 e. The molecule has 0 aliphatic carbocycles. The van der Waals surface area contributed by atoms with Crippen molar-refractivity contribution in [3.8, 4) is 0 Å². The number of hydrogen-bond acceptors (Lipinski definition) is 4. The Labute approximate surface area is 107 Å². The number of anilines is 1. The van der Waals surface area contributed by atoms with Gasteiger partial charge in [0, 0.05) is 23.2 Å². The lowest BCUT2D eigenvalue weighted by molar-refractivity contribution is 0.0979. The van der Waals surface area contributed by atoms with Crippen LogP contribution in [0.2, 0.25) is 0 Å². The predicted molar refractivity (Wildman–Crippen MR) is 73.7 cm³/mol. The van der Waals surface area contributed by atoms with Crippen molar-refractivity contribution >= 4 is 17.3 Å². The zero-order valence-corrected chi connectivity index (χ0v) is 10.4. The highest BCUT2D eigenvalue weighted by Crippen LogP contribution is 2.16. The molecule has 0 atom stereocenters. The Morgan fingerprint density at radius 3 is 2.50 bits per heavy atom. The molecule has 1 aromatic rings. The van der Waals surface area contributed by atoms with Crippen molar-refractivity contribution in [1.29, 1.82) is 5.41 Å². The van der Waals surface area contributed by atoms with Crippen LogP contribution >= 0.6 is 0 Å². The summed E-state index contributed by atoms with van der Waals surface area (Å²) in [6, 6.07) is 4.84. The summed E-state index contributed by atoms with van der Waals surface area (Å²) in [5.41, 5.74) is 17.9. The molecule has 18 heavy (non-hydrogen) atoms. The molecule has 0 spiro atoms. The highest BCUT2D eigenvalue weighted by molar-refractivity contribution is 6.08. The Bertz CT molecular complexity index is 443. The molecule has 0 aliphatic rings. The lowest BCUT2D eigenvalue weighted by Gasteiger charge is -2.08. The van der Waals surface area contributed by atoms with Crippen molar-refractivity contribution in [2.24, 2.45) is 11.5 Å². The van der Waals surface area contributed by atoms with E-state index in [1.807, 2.05) is 0 Å². The van der Waals surface area contributed by atoms with Gasteiger partial charge in [0.25, 0.3) is 0 Å². The molecule has 0 heterocycles. The fraction of sp³-hybridized carbons (Fsp3) is 0.385. The van der Waals surface area contributed by atoms with Crippen LogP contribution in [0.1, 0.15) is 41.6 Å². The Balaban J connectivity index is 2.77. The van der Waals surface area contributed by atoms with Crippen molar-refractivity contribution in [2.45, 2.75) is 25.7 Å². The van der Waals surface area contributed by atoms with E-state index < -0.39 is 0 Å². The number of benzene rings is 1. The number of unbranched alkanes of at least 4 members (excludes halogenated alkanes) is 2. The zero-order valence-electron chi connectivity index (χ0n) is 10.4. The molecule has 0 fully saturated rings. The summed E-state index contributed by atoms with van der Waals surface area (Å²) in [6.07, 6.45) is 3.08. The summed E-state index contributed by atoms with van der Waals surface area (Å²) >= 11 is 0. The van der Waals surface area contributed by atoms with Gasteiger partial charge in [0.05, 0.1) is 0 Å². The minimum absolute atomic E-state index is 0.0236. The molecule has 5 heteroatoms. The van der Waals surface area contributed by atoms with Gasteiger partial charge in [-0.1, -0.05) is 6.42 Å². The number of Topliss-reactive ketones (excluding diaryl/α,β-unsaturated/α-hetero) is 1. The van der Waals surface area contributed by atoms with Crippen LogP contribution in [0.25, 0.3) is 0 Å². The quantitative estimate of drug-likeness (QED) is 0.191. The van der Waals surface area contributed by atoms with Crippen molar-refractivity contribution in [1.82, 2.24) is 0 Å². The number of rotatable bonds is 7. The summed E-state index contributed by atoms with van der Waals surface area (Å²) in [5, 5.41) is 7.45. The van der Waals surface area contributed by atoms with Crippen molar-refractivity contribution in [3.63, 3.8) is 0 Å². The largest absolute Gasteiger partial charge is 0.399 e. The second-order valence-corrected chi connectivity index (χ2v) is 4.24. The minimum atomic E-state index is -0.111. The molecule has 1 aromatic carbocycles.